The van der Waals surface area contributed by atoms with Crippen LogP contribution in [0.4, 0.5) is 0 Å². The van der Waals surface area contributed by atoms with Crippen LogP contribution in [0.5, 0.6) is 0 Å². The molecule has 1 heterocycles. The number of halogens is 1. The molecule has 0 radical (unpaired) electrons. The first kappa shape index (κ1) is 13.1. The molecular weight excluding hydrogens is 274 g/mol. The first-order valence-corrected chi connectivity index (χ1v) is 6.68. The Morgan fingerprint density at radius 3 is 2.72 bits per heavy atom. The summed E-state index contributed by atoms with van der Waals surface area (Å²) >= 11 is 6.94. The Hall–Kier alpha value is -1.33. The minimum Gasteiger partial charge on any atom is -0.460 e. The molecule has 96 valence electrons. The average Bonchev–Trinajstić information content (AvgIpc) is 2.64. The van der Waals surface area contributed by atoms with Gasteiger partial charge in [0.25, 0.3) is 0 Å². The second-order valence-corrected chi connectivity index (χ2v) is 5.01. The average molecular weight is 286 g/mol. The van der Waals surface area contributed by atoms with E-state index in [1.807, 2.05) is 6.92 Å². The van der Waals surface area contributed by atoms with E-state index in [1.165, 1.54) is 0 Å². The normalized spacial score (nSPS) is 19.0. The van der Waals surface area contributed by atoms with Crippen LogP contribution in [0.3, 0.4) is 0 Å². The Kier molecular flexibility index (Phi) is 4.04. The maximum atomic E-state index is 12.1. The number of carbonyl (C=O) groups excluding carboxylic acids is 1. The highest BCUT2D eigenvalue weighted by molar-refractivity contribution is 7.94. The molecule has 0 spiro atoms. The lowest BCUT2D eigenvalue weighted by molar-refractivity contribution is -0.122. The summed E-state index contributed by atoms with van der Waals surface area (Å²) in [6.07, 6.45) is -0.741. The number of Topliss-reactive ketones (excluding diaryl/α,β-unsaturated/α-hetero) is 1. The van der Waals surface area contributed by atoms with Gasteiger partial charge in [0, 0.05) is 16.3 Å². The summed E-state index contributed by atoms with van der Waals surface area (Å²) in [5.74, 6) is 0.564. The van der Waals surface area contributed by atoms with Crippen molar-refractivity contribution in [2.24, 2.45) is 5.73 Å². The van der Waals surface area contributed by atoms with Crippen LogP contribution in [0, 0.1) is 0 Å². The summed E-state index contributed by atoms with van der Waals surface area (Å²) in [6, 6.07) is 6.86. The summed E-state index contributed by atoms with van der Waals surface area (Å²) in [4.78, 5) is 12.1. The fourth-order valence-corrected chi connectivity index (χ4v) is 2.06. The van der Waals surface area contributed by atoms with E-state index in [1.54, 1.807) is 24.3 Å². The van der Waals surface area contributed by atoms with Crippen molar-refractivity contribution in [2.75, 3.05) is 5.75 Å². The molecule has 1 atom stereocenters. The molecule has 0 aromatic heterocycles. The van der Waals surface area contributed by atoms with Crippen molar-refractivity contribution in [1.82, 2.24) is 0 Å². The lowest BCUT2D eigenvalue weighted by Gasteiger charge is -2.09. The molecular formula is C12H12ClNO3S. The molecule has 6 heteroatoms. The van der Waals surface area contributed by atoms with Gasteiger partial charge in [-0.3, -0.25) is 4.79 Å². The molecule has 2 rings (SSSR count). The maximum Gasteiger partial charge on any atom is 0.249 e. The Labute approximate surface area is 114 Å². The summed E-state index contributed by atoms with van der Waals surface area (Å²) < 4.78 is 10.6. The molecule has 1 unspecified atom stereocenters. The molecule has 2 N–H and O–H groups in total. The van der Waals surface area contributed by atoms with Gasteiger partial charge in [-0.15, -0.1) is 0 Å². The number of carbonyl (C=O) groups is 1. The number of ether oxygens (including phenoxy) is 1. The van der Waals surface area contributed by atoms with Crippen LogP contribution in [0.15, 0.2) is 35.9 Å². The molecule has 0 saturated heterocycles. The van der Waals surface area contributed by atoms with Gasteiger partial charge in [0.15, 0.2) is 6.10 Å². The van der Waals surface area contributed by atoms with Crippen LogP contribution in [0.1, 0.15) is 18.6 Å². The molecule has 18 heavy (non-hydrogen) atoms. The van der Waals surface area contributed by atoms with Gasteiger partial charge in [0.05, 0.1) is 12.0 Å². The van der Waals surface area contributed by atoms with E-state index in [4.69, 9.17) is 26.3 Å². The monoisotopic (exact) mass is 285 g/mol. The molecule has 0 amide bonds. The van der Waals surface area contributed by atoms with Crippen molar-refractivity contribution in [1.29, 1.82) is 0 Å². The van der Waals surface area contributed by atoms with Crippen molar-refractivity contribution in [2.45, 2.75) is 13.0 Å². The lowest BCUT2D eigenvalue weighted by atomic mass is 10.1. The summed E-state index contributed by atoms with van der Waals surface area (Å²) in [5.41, 5.74) is 6.34. The van der Waals surface area contributed by atoms with Gasteiger partial charge in [-0.2, -0.15) is 0 Å². The molecule has 0 saturated carbocycles. The predicted molar refractivity (Wildman–Crippen MR) is 70.7 cm³/mol. The third kappa shape index (κ3) is 2.57. The second-order valence-electron chi connectivity index (χ2n) is 3.60. The second kappa shape index (κ2) is 5.54. The topological polar surface area (TPSA) is 61.6 Å². The molecule has 0 bridgehead atoms. The number of hydrogen-bond donors (Lipinski definition) is 1. The number of ketones is 1. The summed E-state index contributed by atoms with van der Waals surface area (Å²) in [6.45, 7) is 1.92. The van der Waals surface area contributed by atoms with Gasteiger partial charge in [-0.25, -0.2) is 0 Å². The van der Waals surface area contributed by atoms with E-state index in [2.05, 4.69) is 0 Å². The van der Waals surface area contributed by atoms with Crippen molar-refractivity contribution in [3.8, 4) is 0 Å². The zero-order chi connectivity index (χ0) is 13.1. The van der Waals surface area contributed by atoms with Crippen LogP contribution >= 0.6 is 23.6 Å². The van der Waals surface area contributed by atoms with Crippen molar-refractivity contribution < 1.29 is 13.7 Å². The molecule has 1 aromatic rings. The molecule has 1 aliphatic heterocycles. The highest BCUT2D eigenvalue weighted by Crippen LogP contribution is 2.33. The number of nitrogens with two attached hydrogens (primary N) is 1. The smallest absolute Gasteiger partial charge is 0.249 e. The Morgan fingerprint density at radius 2 is 2.11 bits per heavy atom. The first-order chi connectivity index (χ1) is 8.63. The molecule has 1 aromatic carbocycles. The van der Waals surface area contributed by atoms with Crippen LogP contribution in [-0.2, 0) is 13.7 Å². The Balaban J connectivity index is 2.15. The van der Waals surface area contributed by atoms with Crippen molar-refractivity contribution >= 4 is 29.4 Å². The predicted octanol–water partition coefficient (Wildman–Crippen LogP) is 2.79. The van der Waals surface area contributed by atoms with Crippen LogP contribution in [-0.4, -0.2) is 11.5 Å². The zero-order valence-electron chi connectivity index (χ0n) is 9.68. The van der Waals surface area contributed by atoms with E-state index in [0.29, 0.717) is 10.6 Å². The fourth-order valence-electron chi connectivity index (χ4n) is 1.53. The number of rotatable bonds is 4. The Bertz CT molecular complexity index is 487. The highest BCUT2D eigenvalue weighted by atomic mass is 35.5. The Morgan fingerprint density at radius 1 is 1.44 bits per heavy atom. The minimum atomic E-state index is -0.741. The van der Waals surface area contributed by atoms with Gasteiger partial charge in [0.1, 0.15) is 0 Å². The fraction of sp³-hybridized carbons (Fsp3) is 0.250. The SMILES string of the molecule is CCSOC1=C(N)OC(c2ccc(Cl)cc2)C1=O. The van der Waals surface area contributed by atoms with Gasteiger partial charge in [-0.1, -0.05) is 30.7 Å². The number of hydrogen-bond acceptors (Lipinski definition) is 5. The van der Waals surface area contributed by atoms with E-state index in [0.717, 1.165) is 17.8 Å². The van der Waals surface area contributed by atoms with E-state index in [9.17, 15) is 4.79 Å². The standard InChI is InChI=1S/C12H12ClNO3S/c1-2-18-17-11-9(15)10(16-12(11)14)7-3-5-8(13)6-4-7/h3-6,10H,2,14H2,1H3. The van der Waals surface area contributed by atoms with E-state index < -0.39 is 6.10 Å². The third-order valence-electron chi connectivity index (χ3n) is 2.36. The van der Waals surface area contributed by atoms with Crippen LogP contribution < -0.4 is 5.73 Å². The maximum absolute atomic E-state index is 12.1. The summed E-state index contributed by atoms with van der Waals surface area (Å²) in [7, 11) is 0. The van der Waals surface area contributed by atoms with Crippen molar-refractivity contribution in [3.63, 3.8) is 0 Å². The van der Waals surface area contributed by atoms with Gasteiger partial charge in [0.2, 0.25) is 17.4 Å². The van der Waals surface area contributed by atoms with Crippen molar-refractivity contribution in [3.05, 3.63) is 46.5 Å². The molecule has 4 nitrogen and oxygen atoms in total. The first-order valence-electron chi connectivity index (χ1n) is 5.39. The van der Waals surface area contributed by atoms with Crippen LogP contribution in [0.25, 0.3) is 0 Å². The molecule has 1 aliphatic rings. The van der Waals surface area contributed by atoms with Gasteiger partial charge < -0.3 is 14.7 Å². The minimum absolute atomic E-state index is 0.0286. The largest absolute Gasteiger partial charge is 0.460 e. The van der Waals surface area contributed by atoms with Gasteiger partial charge in [-0.05, 0) is 12.1 Å². The number of benzene rings is 1. The highest BCUT2D eigenvalue weighted by Gasteiger charge is 2.37. The molecule has 0 fully saturated rings. The van der Waals surface area contributed by atoms with Crippen LogP contribution in [0.2, 0.25) is 5.02 Å². The quantitative estimate of drug-likeness (QED) is 0.862. The van der Waals surface area contributed by atoms with E-state index >= 15 is 0 Å². The molecule has 0 aliphatic carbocycles. The third-order valence-corrected chi connectivity index (χ3v) is 3.14. The van der Waals surface area contributed by atoms with Gasteiger partial charge >= 0.3 is 0 Å². The van der Waals surface area contributed by atoms with E-state index in [-0.39, 0.29) is 17.4 Å². The summed E-state index contributed by atoms with van der Waals surface area (Å²) in [5, 5.41) is 0.600. The lowest BCUT2D eigenvalue weighted by Crippen LogP contribution is -2.10. The zero-order valence-corrected chi connectivity index (χ0v) is 11.3.